The van der Waals surface area contributed by atoms with Crippen LogP contribution in [0.25, 0.3) is 0 Å². The Kier molecular flexibility index (Phi) is 16.4. The summed E-state index contributed by atoms with van der Waals surface area (Å²) in [5, 5.41) is 0. The normalized spacial score (nSPS) is 28.8. The van der Waals surface area contributed by atoms with Crippen LogP contribution < -0.4 is 0 Å². The van der Waals surface area contributed by atoms with Gasteiger partial charge in [0, 0.05) is 27.4 Å². The van der Waals surface area contributed by atoms with E-state index in [0.29, 0.717) is 0 Å². The molecule has 1 rings (SSSR count). The maximum atomic E-state index is 10.9. The average Bonchev–Trinajstić information content (AvgIpc) is 2.75. The smallest absolute Gasteiger partial charge is 0.178 e. The van der Waals surface area contributed by atoms with Crippen molar-refractivity contribution in [1.82, 2.24) is 0 Å². The first-order valence-corrected chi connectivity index (χ1v) is 14.6. The van der Waals surface area contributed by atoms with Crippen molar-refractivity contribution in [2.45, 2.75) is 36.6 Å². The highest BCUT2D eigenvalue weighted by molar-refractivity contribution is 7.32. The third-order valence-corrected chi connectivity index (χ3v) is 4.53. The Morgan fingerprint density at radius 1 is 0.306 bits per heavy atom. The fraction of sp³-hybridized carbons (Fsp3) is 1.00. The van der Waals surface area contributed by atoms with Crippen LogP contribution in [-0.2, 0) is 84.8 Å². The van der Waals surface area contributed by atoms with E-state index in [4.69, 9.17) is 29.4 Å². The van der Waals surface area contributed by atoms with Crippen molar-refractivity contribution in [2.75, 3.05) is 0 Å². The largest absolute Gasteiger partial charge is 0.725 e. The van der Waals surface area contributed by atoms with Crippen LogP contribution in [0.5, 0.6) is 0 Å². The molecule has 1 saturated carbocycles. The van der Waals surface area contributed by atoms with Gasteiger partial charge in [-0.1, -0.05) is 0 Å². The van der Waals surface area contributed by atoms with Gasteiger partial charge in [0.15, 0.2) is 36.6 Å². The van der Waals surface area contributed by atoms with E-state index in [1.807, 2.05) is 0 Å². The Hall–Kier alpha value is -0.120. The minimum Gasteiger partial charge on any atom is -0.178 e. The van der Waals surface area contributed by atoms with E-state index < -0.39 is 86.2 Å². The van der Waals surface area contributed by atoms with Gasteiger partial charge < -0.3 is 0 Å². The van der Waals surface area contributed by atoms with E-state index in [9.17, 15) is 27.4 Å². The molecule has 6 N–H and O–H groups in total. The molecule has 0 aromatic carbocycles. The maximum absolute atomic E-state index is 10.9. The predicted octanol–water partition coefficient (Wildman–Crippen LogP) is -0.201. The SMILES string of the molecule is O=[P+](O)OOC1C(OO[P+](=O)O)C(OO[P+](=O)O)C(OO[P+](=O)O)C(OO[P+](=O)O)C1OO[P+](=O)O. The molecule has 36 heavy (non-hydrogen) atoms. The first kappa shape index (κ1) is 33.9. The van der Waals surface area contributed by atoms with Gasteiger partial charge in [-0.15, -0.1) is 29.4 Å². The Labute approximate surface area is 201 Å². The van der Waals surface area contributed by atoms with E-state index in [-0.39, 0.29) is 0 Å². The highest BCUT2D eigenvalue weighted by Crippen LogP contribution is 2.40. The zero-order chi connectivity index (χ0) is 27.4. The summed E-state index contributed by atoms with van der Waals surface area (Å²) in [7, 11) is -21.7. The lowest BCUT2D eigenvalue weighted by Crippen LogP contribution is -2.67. The molecule has 6 unspecified atom stereocenters. The molecule has 0 aliphatic heterocycles. The van der Waals surface area contributed by atoms with Crippen molar-refractivity contribution in [1.29, 1.82) is 0 Å². The lowest BCUT2D eigenvalue weighted by molar-refractivity contribution is -0.467. The third-order valence-electron chi connectivity index (χ3n) is 3.25. The molecule has 0 saturated heterocycles. The topological polar surface area (TPSA) is 335 Å². The Morgan fingerprint density at radius 3 is 0.500 bits per heavy atom. The van der Waals surface area contributed by atoms with Gasteiger partial charge >= 0.3 is 49.5 Å². The molecular weight excluding hydrogens is 642 g/mol. The summed E-state index contributed by atoms with van der Waals surface area (Å²) in [5.74, 6) is 0. The van der Waals surface area contributed by atoms with Crippen molar-refractivity contribution in [3.63, 3.8) is 0 Å². The first-order chi connectivity index (χ1) is 16.8. The highest BCUT2D eigenvalue weighted by atomic mass is 31.1. The van der Waals surface area contributed by atoms with Crippen molar-refractivity contribution in [3.05, 3.63) is 0 Å². The Balaban J connectivity index is 3.62. The molecule has 1 fully saturated rings. The standard InChI is InChI=1S/C6H6O24P6/c7-31(8)25-19-1-2(20-26-32(9)10)4(22-28-34(13)14)6(24-30-36(17)18)5(23-29-35(15)16)3(1)21-27-33(11)12/h1-6H/p+6. The van der Waals surface area contributed by atoms with Crippen molar-refractivity contribution < 1.29 is 114 Å². The van der Waals surface area contributed by atoms with E-state index in [1.165, 1.54) is 0 Å². The van der Waals surface area contributed by atoms with E-state index in [0.717, 1.165) is 0 Å². The second kappa shape index (κ2) is 17.5. The molecule has 0 radical (unpaired) electrons. The van der Waals surface area contributed by atoms with Gasteiger partial charge in [0.2, 0.25) is 0 Å². The van der Waals surface area contributed by atoms with Gasteiger partial charge in [0.05, 0.1) is 28.0 Å². The van der Waals surface area contributed by atoms with Gasteiger partial charge in [-0.05, 0) is 0 Å². The van der Waals surface area contributed by atoms with Crippen LogP contribution in [0.3, 0.4) is 0 Å². The highest BCUT2D eigenvalue weighted by Gasteiger charge is 2.63. The lowest BCUT2D eigenvalue weighted by Gasteiger charge is -2.41. The summed E-state index contributed by atoms with van der Waals surface area (Å²) in [6.45, 7) is 0. The molecule has 0 bridgehead atoms. The molecule has 1 aliphatic rings. The summed E-state index contributed by atoms with van der Waals surface area (Å²) in [6.07, 6.45) is -13.8. The zero-order valence-corrected chi connectivity index (χ0v) is 21.5. The van der Waals surface area contributed by atoms with Gasteiger partial charge in [0.25, 0.3) is 0 Å². The summed E-state index contributed by atoms with van der Waals surface area (Å²) in [4.78, 5) is 80.4. The lowest BCUT2D eigenvalue weighted by atomic mass is 9.85. The van der Waals surface area contributed by atoms with Crippen molar-refractivity contribution >= 4 is 49.5 Å². The second-order valence-corrected chi connectivity index (χ2v) is 8.99. The molecule has 0 aromatic heterocycles. The minimum absolute atomic E-state index is 2.31. The second-order valence-electron chi connectivity index (χ2n) is 5.24. The summed E-state index contributed by atoms with van der Waals surface area (Å²) in [5.41, 5.74) is 0. The summed E-state index contributed by atoms with van der Waals surface area (Å²) in [6, 6.07) is 0. The van der Waals surface area contributed by atoms with Crippen LogP contribution in [-0.4, -0.2) is 66.0 Å². The molecule has 1 aliphatic carbocycles. The molecule has 24 nitrogen and oxygen atoms in total. The monoisotopic (exact) mass is 654 g/mol. The van der Waals surface area contributed by atoms with Gasteiger partial charge in [0.1, 0.15) is 0 Å². The molecule has 0 heterocycles. The van der Waals surface area contributed by atoms with Gasteiger partial charge in [-0.25, -0.2) is 0 Å². The van der Waals surface area contributed by atoms with Gasteiger partial charge in [-0.2, -0.15) is 29.3 Å². The average molecular weight is 654 g/mol. The number of hydrogen-bond donors (Lipinski definition) is 6. The molecular formula is C6H12O24P6+6. The molecule has 204 valence electrons. The van der Waals surface area contributed by atoms with Crippen LogP contribution in [0.1, 0.15) is 0 Å². The molecule has 0 amide bonds. The van der Waals surface area contributed by atoms with Gasteiger partial charge in [-0.3, -0.25) is 0 Å². The van der Waals surface area contributed by atoms with Crippen LogP contribution in [0, 0.1) is 0 Å². The van der Waals surface area contributed by atoms with E-state index >= 15 is 0 Å². The van der Waals surface area contributed by atoms with Crippen LogP contribution in [0.4, 0.5) is 0 Å². The Bertz CT molecular complexity index is 636. The summed E-state index contributed by atoms with van der Waals surface area (Å²) >= 11 is 0. The predicted molar refractivity (Wildman–Crippen MR) is 94.7 cm³/mol. The minimum atomic E-state index is -3.62. The quantitative estimate of drug-likeness (QED) is 0.0633. The molecule has 0 spiro atoms. The maximum Gasteiger partial charge on any atom is 0.725 e. The Morgan fingerprint density at radius 2 is 0.417 bits per heavy atom. The fourth-order valence-corrected chi connectivity index (χ4v) is 3.34. The van der Waals surface area contributed by atoms with Crippen molar-refractivity contribution in [3.8, 4) is 0 Å². The number of hydrogen-bond acceptors (Lipinski definition) is 18. The van der Waals surface area contributed by atoms with E-state index in [1.54, 1.807) is 0 Å². The summed E-state index contributed by atoms with van der Waals surface area (Å²) < 4.78 is 89.6. The van der Waals surface area contributed by atoms with Crippen LogP contribution in [0.15, 0.2) is 0 Å². The number of rotatable bonds is 18. The molecule has 0 aromatic rings. The van der Waals surface area contributed by atoms with Crippen LogP contribution >= 0.6 is 49.5 Å². The first-order valence-electron chi connectivity index (χ1n) is 7.81. The molecule has 30 heteroatoms. The van der Waals surface area contributed by atoms with Crippen LogP contribution in [0.2, 0.25) is 0 Å². The van der Waals surface area contributed by atoms with Crippen molar-refractivity contribution in [2.24, 2.45) is 0 Å². The third kappa shape index (κ3) is 12.6. The fourth-order valence-electron chi connectivity index (χ4n) is 2.30. The van der Waals surface area contributed by atoms with E-state index in [2.05, 4.69) is 57.4 Å². The zero-order valence-electron chi connectivity index (χ0n) is 16.2. The molecule has 6 atom stereocenters.